The maximum absolute atomic E-state index is 12.2. The highest BCUT2D eigenvalue weighted by molar-refractivity contribution is 7.93. The van der Waals surface area contributed by atoms with E-state index in [9.17, 15) is 8.42 Å². The number of aryl methyl sites for hydroxylation is 2. The van der Waals surface area contributed by atoms with Gasteiger partial charge in [-0.15, -0.1) is 0 Å². The number of rotatable bonds is 2. The van der Waals surface area contributed by atoms with E-state index in [0.717, 1.165) is 5.56 Å². The monoisotopic (exact) mass is 237 g/mol. The lowest BCUT2D eigenvalue weighted by Crippen LogP contribution is -2.30. The normalized spacial score (nSPS) is 12.2. The number of nitriles is 1. The van der Waals surface area contributed by atoms with Crippen LogP contribution in [0.2, 0.25) is 0 Å². The molecule has 16 heavy (non-hydrogen) atoms. The zero-order valence-electron chi connectivity index (χ0n) is 9.90. The van der Waals surface area contributed by atoms with Crippen LogP contribution < -0.4 is 0 Å². The molecule has 0 aromatic heterocycles. The van der Waals surface area contributed by atoms with Crippen LogP contribution in [0.5, 0.6) is 0 Å². The Hall–Kier alpha value is -1.34. The minimum Gasteiger partial charge on any atom is -0.222 e. The number of benzene rings is 1. The highest BCUT2D eigenvalue weighted by atomic mass is 32.2. The minimum atomic E-state index is -3.60. The van der Waals surface area contributed by atoms with E-state index in [0.29, 0.717) is 5.56 Å². The summed E-state index contributed by atoms with van der Waals surface area (Å²) < 4.78 is 23.0. The average Bonchev–Trinajstić information content (AvgIpc) is 2.16. The largest absolute Gasteiger partial charge is 0.222 e. The third kappa shape index (κ3) is 1.96. The molecule has 0 bridgehead atoms. The minimum absolute atomic E-state index is 0.240. The van der Waals surface area contributed by atoms with Gasteiger partial charge in [0.15, 0.2) is 14.6 Å². The van der Waals surface area contributed by atoms with E-state index in [1.165, 1.54) is 13.8 Å². The van der Waals surface area contributed by atoms with Crippen LogP contribution in [0.4, 0.5) is 0 Å². The molecule has 0 aliphatic rings. The van der Waals surface area contributed by atoms with E-state index in [1.807, 2.05) is 13.0 Å². The Morgan fingerprint density at radius 2 is 1.81 bits per heavy atom. The predicted molar refractivity (Wildman–Crippen MR) is 62.8 cm³/mol. The fourth-order valence-electron chi connectivity index (χ4n) is 1.44. The van der Waals surface area contributed by atoms with Gasteiger partial charge < -0.3 is 0 Å². The van der Waals surface area contributed by atoms with Crippen LogP contribution in [0, 0.1) is 25.2 Å². The molecule has 0 saturated carbocycles. The molecule has 0 atom stereocenters. The summed E-state index contributed by atoms with van der Waals surface area (Å²) in [5.41, 5.74) is 1.69. The maximum atomic E-state index is 12.2. The molecule has 0 aliphatic heterocycles. The average molecular weight is 237 g/mol. The molecule has 0 spiro atoms. The maximum Gasteiger partial charge on any atom is 0.197 e. The summed E-state index contributed by atoms with van der Waals surface area (Å²) in [5.74, 6) is 0. The van der Waals surface area contributed by atoms with Crippen molar-refractivity contribution in [2.75, 3.05) is 0 Å². The molecular weight excluding hydrogens is 222 g/mol. The first-order valence-corrected chi connectivity index (χ1v) is 6.44. The second-order valence-corrected chi connectivity index (χ2v) is 6.86. The Balaban J connectivity index is 3.47. The van der Waals surface area contributed by atoms with Gasteiger partial charge in [-0.3, -0.25) is 0 Å². The van der Waals surface area contributed by atoms with Crippen molar-refractivity contribution in [2.24, 2.45) is 0 Å². The topological polar surface area (TPSA) is 57.9 Å². The number of hydrogen-bond donors (Lipinski definition) is 0. The highest BCUT2D eigenvalue weighted by Crippen LogP contribution is 2.27. The molecule has 4 heteroatoms. The first-order valence-electron chi connectivity index (χ1n) is 4.95. The van der Waals surface area contributed by atoms with Crippen molar-refractivity contribution in [3.05, 3.63) is 29.3 Å². The molecule has 1 aromatic rings. The molecule has 0 N–H and O–H groups in total. The SMILES string of the molecule is Cc1ccc(S(=O)(=O)C(C)(C)C#N)c(C)c1. The Morgan fingerprint density at radius 1 is 1.25 bits per heavy atom. The van der Waals surface area contributed by atoms with Crippen LogP contribution in [-0.4, -0.2) is 13.2 Å². The molecule has 3 nitrogen and oxygen atoms in total. The van der Waals surface area contributed by atoms with Crippen LogP contribution in [0.3, 0.4) is 0 Å². The first-order chi connectivity index (χ1) is 7.22. The van der Waals surface area contributed by atoms with Crippen molar-refractivity contribution in [1.29, 1.82) is 5.26 Å². The van der Waals surface area contributed by atoms with Crippen LogP contribution in [0.15, 0.2) is 23.1 Å². The standard InChI is InChI=1S/C12H15NO2S/c1-9-5-6-11(10(2)7-9)16(14,15)12(3,4)8-13/h5-7H,1-4H3. The van der Waals surface area contributed by atoms with E-state index in [1.54, 1.807) is 25.1 Å². The summed E-state index contributed by atoms with van der Waals surface area (Å²) >= 11 is 0. The molecule has 0 heterocycles. The second kappa shape index (κ2) is 3.91. The fourth-order valence-corrected chi connectivity index (χ4v) is 2.84. The smallest absolute Gasteiger partial charge is 0.197 e. The van der Waals surface area contributed by atoms with Gasteiger partial charge >= 0.3 is 0 Å². The van der Waals surface area contributed by atoms with Crippen molar-refractivity contribution >= 4 is 9.84 Å². The van der Waals surface area contributed by atoms with Gasteiger partial charge in [-0.1, -0.05) is 17.7 Å². The van der Waals surface area contributed by atoms with Crippen molar-refractivity contribution in [3.8, 4) is 6.07 Å². The molecule has 1 rings (SSSR count). The van der Waals surface area contributed by atoms with Gasteiger partial charge in [0, 0.05) is 0 Å². The van der Waals surface area contributed by atoms with E-state index in [-0.39, 0.29) is 4.90 Å². The van der Waals surface area contributed by atoms with Crippen LogP contribution in [0.1, 0.15) is 25.0 Å². The van der Waals surface area contributed by atoms with Gasteiger partial charge in [-0.25, -0.2) is 8.42 Å². The summed E-state index contributed by atoms with van der Waals surface area (Å²) in [4.78, 5) is 0.240. The molecule has 0 unspecified atom stereocenters. The van der Waals surface area contributed by atoms with Gasteiger partial charge in [0.05, 0.1) is 11.0 Å². The van der Waals surface area contributed by atoms with Crippen LogP contribution in [0.25, 0.3) is 0 Å². The lowest BCUT2D eigenvalue weighted by Gasteiger charge is -2.18. The Kier molecular flexibility index (Phi) is 3.11. The summed E-state index contributed by atoms with van der Waals surface area (Å²) in [6.07, 6.45) is 0. The summed E-state index contributed by atoms with van der Waals surface area (Å²) in [7, 11) is -3.60. The van der Waals surface area contributed by atoms with E-state index >= 15 is 0 Å². The molecule has 0 amide bonds. The molecule has 0 saturated heterocycles. The van der Waals surface area contributed by atoms with E-state index in [4.69, 9.17) is 5.26 Å². The third-order valence-electron chi connectivity index (χ3n) is 2.56. The van der Waals surface area contributed by atoms with E-state index < -0.39 is 14.6 Å². The molecule has 86 valence electrons. The first kappa shape index (κ1) is 12.7. The Labute approximate surface area is 96.6 Å². The van der Waals surface area contributed by atoms with Gasteiger partial charge in [0.2, 0.25) is 0 Å². The van der Waals surface area contributed by atoms with Gasteiger partial charge in [0.1, 0.15) is 0 Å². The lowest BCUT2D eigenvalue weighted by molar-refractivity contribution is 0.573. The Bertz CT molecular complexity index is 551. The van der Waals surface area contributed by atoms with Gasteiger partial charge in [-0.05, 0) is 39.3 Å². The van der Waals surface area contributed by atoms with Crippen molar-refractivity contribution in [3.63, 3.8) is 0 Å². The van der Waals surface area contributed by atoms with Crippen LogP contribution >= 0.6 is 0 Å². The molecule has 0 fully saturated rings. The lowest BCUT2D eigenvalue weighted by atomic mass is 10.2. The summed E-state index contributed by atoms with van der Waals surface area (Å²) in [5, 5.41) is 8.91. The van der Waals surface area contributed by atoms with Crippen molar-refractivity contribution in [1.82, 2.24) is 0 Å². The molecule has 1 aromatic carbocycles. The summed E-state index contributed by atoms with van der Waals surface area (Å²) in [6.45, 7) is 6.48. The van der Waals surface area contributed by atoms with Crippen molar-refractivity contribution < 1.29 is 8.42 Å². The van der Waals surface area contributed by atoms with Crippen molar-refractivity contribution in [2.45, 2.75) is 37.3 Å². The molecule has 0 aliphatic carbocycles. The van der Waals surface area contributed by atoms with Gasteiger partial charge in [-0.2, -0.15) is 5.26 Å². The van der Waals surface area contributed by atoms with Crippen LogP contribution in [-0.2, 0) is 9.84 Å². The highest BCUT2D eigenvalue weighted by Gasteiger charge is 2.36. The van der Waals surface area contributed by atoms with Gasteiger partial charge in [0.25, 0.3) is 0 Å². The number of sulfone groups is 1. The summed E-state index contributed by atoms with van der Waals surface area (Å²) in [6, 6.07) is 6.95. The fraction of sp³-hybridized carbons (Fsp3) is 0.417. The Morgan fingerprint density at radius 3 is 2.25 bits per heavy atom. The van der Waals surface area contributed by atoms with E-state index in [2.05, 4.69) is 0 Å². The quantitative estimate of drug-likeness (QED) is 0.793. The zero-order chi connectivity index (χ0) is 12.6. The molecular formula is C12H15NO2S. The second-order valence-electron chi connectivity index (χ2n) is 4.39. The number of hydrogen-bond acceptors (Lipinski definition) is 3. The zero-order valence-corrected chi connectivity index (χ0v) is 10.7. The number of nitrogens with zero attached hydrogens (tertiary/aromatic N) is 1. The third-order valence-corrected chi connectivity index (χ3v) is 5.03. The molecule has 0 radical (unpaired) electrons. The predicted octanol–water partition coefficient (Wildman–Crippen LogP) is 2.38.